The fraction of sp³-hybridized carbons (Fsp3) is 0.500. The number of hydrogen-bond donors (Lipinski definition) is 1. The molecule has 28 heavy (non-hydrogen) atoms. The number of fused-ring (bicyclic) bond motifs is 1. The van der Waals surface area contributed by atoms with Crippen LogP contribution in [0.4, 0.5) is 0 Å². The minimum Gasteiger partial charge on any atom is -0.353 e. The Morgan fingerprint density at radius 3 is 2.39 bits per heavy atom. The van der Waals surface area contributed by atoms with Gasteiger partial charge in [-0.05, 0) is 31.9 Å². The number of amides is 2. The molecular weight excluding hydrogens is 352 g/mol. The van der Waals surface area contributed by atoms with Gasteiger partial charge in [0.15, 0.2) is 0 Å². The van der Waals surface area contributed by atoms with Crippen molar-refractivity contribution in [2.75, 3.05) is 32.7 Å². The van der Waals surface area contributed by atoms with Crippen LogP contribution in [0.15, 0.2) is 30.3 Å². The second-order valence-electron chi connectivity index (χ2n) is 8.06. The maximum Gasteiger partial charge on any atom is 0.254 e. The number of pyridine rings is 1. The van der Waals surface area contributed by atoms with E-state index in [0.29, 0.717) is 32.7 Å². The molecule has 1 fully saturated rings. The van der Waals surface area contributed by atoms with Crippen molar-refractivity contribution < 1.29 is 9.59 Å². The Morgan fingerprint density at radius 2 is 1.75 bits per heavy atom. The largest absolute Gasteiger partial charge is 0.353 e. The Balaban J connectivity index is 1.73. The van der Waals surface area contributed by atoms with Gasteiger partial charge in [0.25, 0.3) is 5.91 Å². The Morgan fingerprint density at radius 1 is 1.07 bits per heavy atom. The molecule has 150 valence electrons. The number of nitrogens with one attached hydrogen (secondary N) is 1. The van der Waals surface area contributed by atoms with Crippen LogP contribution < -0.4 is 5.32 Å². The van der Waals surface area contributed by atoms with E-state index in [-0.39, 0.29) is 23.8 Å². The van der Waals surface area contributed by atoms with Crippen molar-refractivity contribution in [3.63, 3.8) is 0 Å². The summed E-state index contributed by atoms with van der Waals surface area (Å²) in [6.07, 6.45) is 0. The van der Waals surface area contributed by atoms with Crippen molar-refractivity contribution in [1.82, 2.24) is 20.1 Å². The molecule has 0 spiro atoms. The summed E-state index contributed by atoms with van der Waals surface area (Å²) in [4.78, 5) is 33.9. The third kappa shape index (κ3) is 4.68. The molecule has 0 atom stereocenters. The van der Waals surface area contributed by atoms with Gasteiger partial charge in [0, 0.05) is 43.3 Å². The first kappa shape index (κ1) is 20.3. The van der Waals surface area contributed by atoms with Crippen LogP contribution in [-0.2, 0) is 4.79 Å². The summed E-state index contributed by atoms with van der Waals surface area (Å²) in [7, 11) is 0. The average molecular weight is 383 g/mol. The Labute approximate surface area is 166 Å². The van der Waals surface area contributed by atoms with Gasteiger partial charge in [0.1, 0.15) is 0 Å². The lowest BCUT2D eigenvalue weighted by atomic mass is 10.0. The maximum atomic E-state index is 13.3. The molecule has 0 radical (unpaired) electrons. The standard InChI is InChI=1S/C22H30N4O2/c1-15(2)20-13-18(17-7-5-6-8-19(17)24-20)22(28)26-11-9-25(10-12-26)14-21(27)23-16(3)4/h5-8,13,15-16H,9-12,14H2,1-4H3,(H,23,27). The van der Waals surface area contributed by atoms with Crippen LogP contribution >= 0.6 is 0 Å². The van der Waals surface area contributed by atoms with Gasteiger partial charge in [-0.25, -0.2) is 0 Å². The number of hydrogen-bond acceptors (Lipinski definition) is 4. The van der Waals surface area contributed by atoms with Crippen LogP contribution in [0.1, 0.15) is 49.7 Å². The highest BCUT2D eigenvalue weighted by Crippen LogP contribution is 2.24. The summed E-state index contributed by atoms with van der Waals surface area (Å²) in [6.45, 7) is 11.1. The summed E-state index contributed by atoms with van der Waals surface area (Å²) < 4.78 is 0. The molecular formula is C22H30N4O2. The van der Waals surface area contributed by atoms with E-state index in [1.54, 1.807) is 0 Å². The summed E-state index contributed by atoms with van der Waals surface area (Å²) in [5.41, 5.74) is 2.52. The van der Waals surface area contributed by atoms with Crippen molar-refractivity contribution in [2.45, 2.75) is 39.7 Å². The molecule has 1 N–H and O–H groups in total. The van der Waals surface area contributed by atoms with E-state index >= 15 is 0 Å². The lowest BCUT2D eigenvalue weighted by Crippen LogP contribution is -2.51. The highest BCUT2D eigenvalue weighted by Gasteiger charge is 2.25. The van der Waals surface area contributed by atoms with Crippen molar-refractivity contribution in [1.29, 1.82) is 0 Å². The number of piperazine rings is 1. The fourth-order valence-corrected chi connectivity index (χ4v) is 3.52. The third-order valence-electron chi connectivity index (χ3n) is 5.03. The number of carbonyl (C=O) groups is 2. The van der Waals surface area contributed by atoms with E-state index < -0.39 is 0 Å². The molecule has 0 aliphatic carbocycles. The van der Waals surface area contributed by atoms with Gasteiger partial charge in [0.2, 0.25) is 5.91 Å². The van der Waals surface area contributed by atoms with E-state index in [1.807, 2.05) is 49.1 Å². The highest BCUT2D eigenvalue weighted by molar-refractivity contribution is 6.06. The molecule has 2 amide bonds. The molecule has 0 bridgehead atoms. The molecule has 0 unspecified atom stereocenters. The van der Waals surface area contributed by atoms with Gasteiger partial charge in [-0.3, -0.25) is 19.5 Å². The van der Waals surface area contributed by atoms with E-state index in [0.717, 1.165) is 22.2 Å². The molecule has 0 saturated carbocycles. The van der Waals surface area contributed by atoms with Gasteiger partial charge in [-0.2, -0.15) is 0 Å². The summed E-state index contributed by atoms with van der Waals surface area (Å²) >= 11 is 0. The first-order valence-electron chi connectivity index (χ1n) is 10.1. The molecule has 1 aliphatic heterocycles. The van der Waals surface area contributed by atoms with Crippen molar-refractivity contribution in [3.05, 3.63) is 41.6 Å². The Bertz CT molecular complexity index is 855. The lowest BCUT2D eigenvalue weighted by Gasteiger charge is -2.34. The number of nitrogens with zero attached hydrogens (tertiary/aromatic N) is 3. The molecule has 2 aromatic rings. The van der Waals surface area contributed by atoms with Crippen LogP contribution in [0.5, 0.6) is 0 Å². The SMILES string of the molecule is CC(C)NC(=O)CN1CCN(C(=O)c2cc(C(C)C)nc3ccccc23)CC1. The van der Waals surface area contributed by atoms with Gasteiger partial charge in [-0.15, -0.1) is 0 Å². The minimum atomic E-state index is 0.0384. The van der Waals surface area contributed by atoms with Crippen LogP contribution in [0.3, 0.4) is 0 Å². The molecule has 2 heterocycles. The first-order chi connectivity index (χ1) is 13.3. The second kappa shape index (κ2) is 8.69. The lowest BCUT2D eigenvalue weighted by molar-refractivity contribution is -0.123. The summed E-state index contributed by atoms with van der Waals surface area (Å²) in [5, 5.41) is 3.82. The molecule has 1 saturated heterocycles. The van der Waals surface area contributed by atoms with E-state index in [4.69, 9.17) is 4.98 Å². The molecule has 6 nitrogen and oxygen atoms in total. The molecule has 6 heteroatoms. The summed E-state index contributed by atoms with van der Waals surface area (Å²) in [5.74, 6) is 0.343. The molecule has 1 aromatic heterocycles. The maximum absolute atomic E-state index is 13.3. The van der Waals surface area contributed by atoms with Crippen molar-refractivity contribution in [3.8, 4) is 0 Å². The molecule has 1 aliphatic rings. The Kier molecular flexibility index (Phi) is 6.29. The number of para-hydroxylation sites is 1. The molecule has 3 rings (SSSR count). The summed E-state index contributed by atoms with van der Waals surface area (Å²) in [6, 6.07) is 9.91. The number of carbonyl (C=O) groups excluding carboxylic acids is 2. The predicted molar refractivity (Wildman–Crippen MR) is 111 cm³/mol. The molecule has 1 aromatic carbocycles. The van der Waals surface area contributed by atoms with Gasteiger partial charge in [-0.1, -0.05) is 32.0 Å². The average Bonchev–Trinajstić information content (AvgIpc) is 2.66. The van der Waals surface area contributed by atoms with Gasteiger partial charge >= 0.3 is 0 Å². The number of benzene rings is 1. The zero-order valence-electron chi connectivity index (χ0n) is 17.2. The van der Waals surface area contributed by atoms with Gasteiger partial charge in [0.05, 0.1) is 17.6 Å². The zero-order chi connectivity index (χ0) is 20.3. The van der Waals surface area contributed by atoms with Crippen LogP contribution in [-0.4, -0.2) is 65.4 Å². The first-order valence-corrected chi connectivity index (χ1v) is 10.1. The Hall–Kier alpha value is -2.47. The minimum absolute atomic E-state index is 0.0384. The monoisotopic (exact) mass is 382 g/mol. The predicted octanol–water partition coefficient (Wildman–Crippen LogP) is 2.64. The van der Waals surface area contributed by atoms with E-state index in [2.05, 4.69) is 24.1 Å². The van der Waals surface area contributed by atoms with E-state index in [9.17, 15) is 9.59 Å². The van der Waals surface area contributed by atoms with Crippen molar-refractivity contribution >= 4 is 22.7 Å². The number of aromatic nitrogens is 1. The van der Waals surface area contributed by atoms with Crippen LogP contribution in [0.25, 0.3) is 10.9 Å². The smallest absolute Gasteiger partial charge is 0.254 e. The van der Waals surface area contributed by atoms with Crippen molar-refractivity contribution in [2.24, 2.45) is 0 Å². The normalized spacial score (nSPS) is 15.4. The van der Waals surface area contributed by atoms with Crippen LogP contribution in [0.2, 0.25) is 0 Å². The number of rotatable bonds is 5. The highest BCUT2D eigenvalue weighted by atomic mass is 16.2. The van der Waals surface area contributed by atoms with E-state index in [1.165, 1.54) is 0 Å². The quantitative estimate of drug-likeness (QED) is 0.863. The fourth-order valence-electron chi connectivity index (χ4n) is 3.52. The second-order valence-corrected chi connectivity index (χ2v) is 8.06. The topological polar surface area (TPSA) is 65.5 Å². The third-order valence-corrected chi connectivity index (χ3v) is 5.03. The van der Waals surface area contributed by atoms with Crippen LogP contribution in [0, 0.1) is 0 Å². The van der Waals surface area contributed by atoms with Gasteiger partial charge < -0.3 is 10.2 Å². The zero-order valence-corrected chi connectivity index (χ0v) is 17.2.